The molecule has 21 heavy (non-hydrogen) atoms. The molecule has 1 aromatic rings. The molecule has 1 aliphatic rings. The first kappa shape index (κ1) is 16.0. The molecule has 1 saturated heterocycles. The summed E-state index contributed by atoms with van der Waals surface area (Å²) in [5.41, 5.74) is 1.06. The van der Waals surface area contributed by atoms with Crippen LogP contribution in [0.25, 0.3) is 0 Å². The second-order valence-corrected chi connectivity index (χ2v) is 6.55. The molecule has 1 N–H and O–H groups in total. The average Bonchev–Trinajstić information content (AvgIpc) is 2.84. The molecule has 5 heteroatoms. The Bertz CT molecular complexity index is 492. The van der Waals surface area contributed by atoms with Crippen molar-refractivity contribution < 1.29 is 14.7 Å². The second-order valence-electron chi connectivity index (χ2n) is 5.36. The summed E-state index contributed by atoms with van der Waals surface area (Å²) in [6.07, 6.45) is 1.04. The number of nitrogens with zero attached hydrogens (tertiary/aromatic N) is 1. The maximum atomic E-state index is 12.3. The van der Waals surface area contributed by atoms with Crippen LogP contribution < -0.4 is 0 Å². The number of likely N-dealkylation sites (tertiary alicyclic amines) is 1. The smallest absolute Gasteiger partial charge is 0.223 e. The van der Waals surface area contributed by atoms with Gasteiger partial charge in [0.2, 0.25) is 5.91 Å². The van der Waals surface area contributed by atoms with E-state index < -0.39 is 0 Å². The Kier molecular flexibility index (Phi) is 5.82. The summed E-state index contributed by atoms with van der Waals surface area (Å²) in [6.45, 7) is 2.27. The minimum absolute atomic E-state index is 0.0518. The number of thioether (sulfide) groups is 1. The summed E-state index contributed by atoms with van der Waals surface area (Å²) < 4.78 is 0. The maximum absolute atomic E-state index is 12.3. The molecule has 4 nitrogen and oxygen atoms in total. The van der Waals surface area contributed by atoms with Crippen LogP contribution in [0, 0.1) is 5.92 Å². The first-order valence-electron chi connectivity index (χ1n) is 7.20. The van der Waals surface area contributed by atoms with Crippen LogP contribution in [-0.2, 0) is 9.59 Å². The number of aliphatic hydroxyl groups is 1. The van der Waals surface area contributed by atoms with Gasteiger partial charge in [-0.15, -0.1) is 0 Å². The Morgan fingerprint density at radius 3 is 2.76 bits per heavy atom. The lowest BCUT2D eigenvalue weighted by Gasteiger charge is -2.28. The molecule has 1 fully saturated rings. The fraction of sp³-hybridized carbons (Fsp3) is 0.500. The van der Waals surface area contributed by atoms with Crippen LogP contribution in [0.5, 0.6) is 0 Å². The number of hydrogen-bond donors (Lipinski definition) is 1. The minimum Gasteiger partial charge on any atom is -0.396 e. The summed E-state index contributed by atoms with van der Waals surface area (Å²) in [6, 6.07) is 9.75. The Morgan fingerprint density at radius 2 is 2.14 bits per heavy atom. The SMILES string of the molecule is CC(=O)SCC1CC(=O)N(C(CCO)c2ccccc2)C1. The standard InChI is InChI=1S/C16H21NO3S/c1-12(19)21-11-13-9-16(20)17(10-13)15(7-8-18)14-5-3-2-4-6-14/h2-6,13,15,18H,7-11H2,1H3. The highest BCUT2D eigenvalue weighted by molar-refractivity contribution is 8.13. The van der Waals surface area contributed by atoms with E-state index in [-0.39, 0.29) is 29.6 Å². The van der Waals surface area contributed by atoms with Crippen molar-refractivity contribution >= 4 is 22.8 Å². The van der Waals surface area contributed by atoms with Gasteiger partial charge >= 0.3 is 0 Å². The number of hydrogen-bond acceptors (Lipinski definition) is 4. The highest BCUT2D eigenvalue weighted by Crippen LogP contribution is 2.32. The number of carbonyl (C=O) groups excluding carboxylic acids is 2. The molecule has 1 aliphatic heterocycles. The van der Waals surface area contributed by atoms with Crippen molar-refractivity contribution in [2.45, 2.75) is 25.8 Å². The minimum atomic E-state index is -0.0731. The predicted octanol–water partition coefficient (Wildman–Crippen LogP) is 2.24. The van der Waals surface area contributed by atoms with Crippen molar-refractivity contribution in [1.82, 2.24) is 4.90 Å². The molecule has 0 aliphatic carbocycles. The fourth-order valence-corrected chi connectivity index (χ4v) is 3.45. The van der Waals surface area contributed by atoms with Gasteiger partial charge in [-0.1, -0.05) is 42.1 Å². The molecule has 2 atom stereocenters. The summed E-state index contributed by atoms with van der Waals surface area (Å²) in [5, 5.41) is 9.39. The molecule has 0 bridgehead atoms. The van der Waals surface area contributed by atoms with Gasteiger partial charge in [0.05, 0.1) is 6.04 Å². The molecule has 2 unspecified atom stereocenters. The number of aliphatic hydroxyl groups excluding tert-OH is 1. The number of benzene rings is 1. The zero-order valence-corrected chi connectivity index (χ0v) is 13.0. The lowest BCUT2D eigenvalue weighted by atomic mass is 10.0. The van der Waals surface area contributed by atoms with Crippen molar-refractivity contribution in [1.29, 1.82) is 0 Å². The molecule has 0 aromatic heterocycles. The molecule has 0 spiro atoms. The number of carbonyl (C=O) groups is 2. The van der Waals surface area contributed by atoms with Gasteiger partial charge in [0, 0.05) is 32.2 Å². The van der Waals surface area contributed by atoms with E-state index in [9.17, 15) is 14.7 Å². The number of rotatable bonds is 6. The van der Waals surface area contributed by atoms with Crippen molar-refractivity contribution in [3.63, 3.8) is 0 Å². The monoisotopic (exact) mass is 307 g/mol. The van der Waals surface area contributed by atoms with Gasteiger partial charge in [-0.05, 0) is 17.9 Å². The van der Waals surface area contributed by atoms with Gasteiger partial charge in [-0.2, -0.15) is 0 Å². The Hall–Kier alpha value is -1.33. The van der Waals surface area contributed by atoms with Crippen molar-refractivity contribution in [2.75, 3.05) is 18.9 Å². The molecule has 2 rings (SSSR count). The van der Waals surface area contributed by atoms with E-state index in [1.165, 1.54) is 11.8 Å². The van der Waals surface area contributed by atoms with E-state index in [4.69, 9.17) is 0 Å². The predicted molar refractivity (Wildman–Crippen MR) is 83.8 cm³/mol. The van der Waals surface area contributed by atoms with Gasteiger partial charge in [0.15, 0.2) is 5.12 Å². The van der Waals surface area contributed by atoms with E-state index in [2.05, 4.69) is 0 Å². The van der Waals surface area contributed by atoms with Gasteiger partial charge in [0.1, 0.15) is 0 Å². The molecule has 1 aromatic carbocycles. The largest absolute Gasteiger partial charge is 0.396 e. The first-order chi connectivity index (χ1) is 10.1. The summed E-state index contributed by atoms with van der Waals surface area (Å²) in [4.78, 5) is 25.2. The summed E-state index contributed by atoms with van der Waals surface area (Å²) in [5.74, 6) is 1.03. The third-order valence-electron chi connectivity index (χ3n) is 3.72. The van der Waals surface area contributed by atoms with Gasteiger partial charge in [0.25, 0.3) is 0 Å². The van der Waals surface area contributed by atoms with E-state index in [1.54, 1.807) is 6.92 Å². The highest BCUT2D eigenvalue weighted by atomic mass is 32.2. The normalized spacial score (nSPS) is 19.8. The molecular weight excluding hydrogens is 286 g/mol. The van der Waals surface area contributed by atoms with E-state index >= 15 is 0 Å². The van der Waals surface area contributed by atoms with Gasteiger partial charge in [-0.3, -0.25) is 9.59 Å². The van der Waals surface area contributed by atoms with Crippen molar-refractivity contribution in [3.05, 3.63) is 35.9 Å². The molecule has 114 valence electrons. The molecule has 0 radical (unpaired) electrons. The summed E-state index contributed by atoms with van der Waals surface area (Å²) >= 11 is 1.29. The van der Waals surface area contributed by atoms with Crippen LogP contribution in [0.3, 0.4) is 0 Å². The molecule has 0 saturated carbocycles. The fourth-order valence-electron chi connectivity index (χ4n) is 2.76. The van der Waals surface area contributed by atoms with E-state index in [1.807, 2.05) is 35.2 Å². The van der Waals surface area contributed by atoms with Crippen LogP contribution in [0.1, 0.15) is 31.4 Å². The lowest BCUT2D eigenvalue weighted by Crippen LogP contribution is -2.31. The third-order valence-corrected chi connectivity index (χ3v) is 4.77. The van der Waals surface area contributed by atoms with Gasteiger partial charge < -0.3 is 10.0 Å². The molecule has 1 amide bonds. The maximum Gasteiger partial charge on any atom is 0.223 e. The van der Waals surface area contributed by atoms with Crippen molar-refractivity contribution in [3.8, 4) is 0 Å². The van der Waals surface area contributed by atoms with E-state index in [0.717, 1.165) is 5.56 Å². The quantitative estimate of drug-likeness (QED) is 0.875. The summed E-state index contributed by atoms with van der Waals surface area (Å²) in [7, 11) is 0. The molecular formula is C16H21NO3S. The van der Waals surface area contributed by atoms with Crippen LogP contribution in [0.2, 0.25) is 0 Å². The molecule has 1 heterocycles. The Morgan fingerprint density at radius 1 is 1.43 bits per heavy atom. The topological polar surface area (TPSA) is 57.6 Å². The lowest BCUT2D eigenvalue weighted by molar-refractivity contribution is -0.130. The number of amides is 1. The Balaban J connectivity index is 2.07. The zero-order chi connectivity index (χ0) is 15.2. The van der Waals surface area contributed by atoms with Crippen LogP contribution in [0.4, 0.5) is 0 Å². The second kappa shape index (κ2) is 7.61. The van der Waals surface area contributed by atoms with Crippen LogP contribution in [0.15, 0.2) is 30.3 Å². The van der Waals surface area contributed by atoms with Gasteiger partial charge in [-0.25, -0.2) is 0 Å². The first-order valence-corrected chi connectivity index (χ1v) is 8.19. The van der Waals surface area contributed by atoms with Crippen LogP contribution in [-0.4, -0.2) is 39.9 Å². The zero-order valence-electron chi connectivity index (χ0n) is 12.2. The van der Waals surface area contributed by atoms with E-state index in [0.29, 0.717) is 25.1 Å². The average molecular weight is 307 g/mol. The van der Waals surface area contributed by atoms with Crippen LogP contribution >= 0.6 is 11.8 Å². The van der Waals surface area contributed by atoms with Crippen molar-refractivity contribution in [2.24, 2.45) is 5.92 Å². The Labute approximate surface area is 129 Å². The highest BCUT2D eigenvalue weighted by Gasteiger charge is 2.34. The third kappa shape index (κ3) is 4.32.